The minimum atomic E-state index is 0.0859. The van der Waals surface area contributed by atoms with Crippen LogP contribution in [0.5, 0.6) is 5.75 Å². The highest BCUT2D eigenvalue weighted by atomic mass is 127. The highest BCUT2D eigenvalue weighted by Gasteiger charge is 2.40. The molecule has 1 saturated carbocycles. The van der Waals surface area contributed by atoms with Crippen molar-refractivity contribution in [3.8, 4) is 5.75 Å². The average molecular weight is 360 g/mol. The number of fused-ring (bicyclic) bond motifs is 1. The van der Waals surface area contributed by atoms with Crippen molar-refractivity contribution in [2.75, 3.05) is 0 Å². The summed E-state index contributed by atoms with van der Waals surface area (Å²) in [5.74, 6) is 0.969. The van der Waals surface area contributed by atoms with E-state index in [1.54, 1.807) is 0 Å². The number of nitrogens with zero attached hydrogens (tertiary/aromatic N) is 2. The molecule has 90 valence electrons. The molecule has 0 spiro atoms. The molecule has 1 heterocycles. The summed E-state index contributed by atoms with van der Waals surface area (Å²) < 4.78 is 8.03. The molecule has 1 fully saturated rings. The SMILES string of the molecule is Cc1nn(PI)c2ccc(OC3(C)CC3)cc12. The Hall–Kier alpha value is -0.350. The van der Waals surface area contributed by atoms with Crippen molar-refractivity contribution in [1.29, 1.82) is 0 Å². The molecule has 17 heavy (non-hydrogen) atoms. The summed E-state index contributed by atoms with van der Waals surface area (Å²) in [6.45, 7) is 4.22. The van der Waals surface area contributed by atoms with E-state index in [4.69, 9.17) is 4.74 Å². The maximum atomic E-state index is 5.98. The molecule has 1 aromatic heterocycles. The van der Waals surface area contributed by atoms with Crippen LogP contribution >= 0.6 is 28.4 Å². The molecule has 3 rings (SSSR count). The molecule has 0 bridgehead atoms. The molecule has 1 aromatic carbocycles. The van der Waals surface area contributed by atoms with Gasteiger partial charge >= 0.3 is 0 Å². The standard InChI is InChI=1S/C12H14IN2OP/c1-8-10-7-9(16-12(2)5-6-12)3-4-11(10)15(14-8)17-13/h3-4,7,17H,5-6H2,1-2H3. The topological polar surface area (TPSA) is 27.1 Å². The molecule has 1 unspecified atom stereocenters. The molecule has 5 heteroatoms. The predicted octanol–water partition coefficient (Wildman–Crippen LogP) is 4.07. The summed E-state index contributed by atoms with van der Waals surface area (Å²) in [6.07, 6.45) is 2.97. The number of aryl methyl sites for hydroxylation is 1. The summed E-state index contributed by atoms with van der Waals surface area (Å²) in [5, 5.41) is 5.73. The molecular formula is C12H14IN2OP. The fourth-order valence-electron chi connectivity index (χ4n) is 1.94. The van der Waals surface area contributed by atoms with Crippen LogP contribution in [0.4, 0.5) is 0 Å². The maximum absolute atomic E-state index is 5.98. The van der Waals surface area contributed by atoms with E-state index in [0.29, 0.717) is 6.37 Å². The zero-order valence-corrected chi connectivity index (χ0v) is 13.0. The lowest BCUT2D eigenvalue weighted by molar-refractivity contribution is 0.200. The average Bonchev–Trinajstić information content (AvgIpc) is 2.94. The molecule has 1 aliphatic rings. The number of halogens is 1. The first-order valence-corrected chi connectivity index (χ1v) is 9.72. The number of ether oxygens (including phenoxy) is 1. The summed E-state index contributed by atoms with van der Waals surface area (Å²) in [6, 6.07) is 6.29. The first-order valence-electron chi connectivity index (χ1n) is 5.66. The molecule has 0 saturated heterocycles. The third-order valence-electron chi connectivity index (χ3n) is 3.23. The lowest BCUT2D eigenvalue weighted by Crippen LogP contribution is -2.11. The number of benzene rings is 1. The van der Waals surface area contributed by atoms with Gasteiger partial charge < -0.3 is 4.74 Å². The first-order chi connectivity index (χ1) is 8.11. The van der Waals surface area contributed by atoms with Gasteiger partial charge in [-0.3, -0.25) is 0 Å². The highest BCUT2D eigenvalue weighted by molar-refractivity contribution is 14.2. The van der Waals surface area contributed by atoms with E-state index in [9.17, 15) is 0 Å². The number of aromatic nitrogens is 2. The monoisotopic (exact) mass is 360 g/mol. The predicted molar refractivity (Wildman–Crippen MR) is 80.5 cm³/mol. The van der Waals surface area contributed by atoms with Gasteiger partial charge in [0.2, 0.25) is 0 Å². The van der Waals surface area contributed by atoms with E-state index in [-0.39, 0.29) is 5.60 Å². The largest absolute Gasteiger partial charge is 0.488 e. The van der Waals surface area contributed by atoms with E-state index < -0.39 is 0 Å². The van der Waals surface area contributed by atoms with Gasteiger partial charge in [-0.2, -0.15) is 5.10 Å². The second-order valence-corrected chi connectivity index (χ2v) is 6.85. The van der Waals surface area contributed by atoms with Crippen LogP contribution in [0.3, 0.4) is 0 Å². The van der Waals surface area contributed by atoms with Crippen LogP contribution in [0.15, 0.2) is 18.2 Å². The Morgan fingerprint density at radius 1 is 1.47 bits per heavy atom. The zero-order chi connectivity index (χ0) is 12.0. The van der Waals surface area contributed by atoms with E-state index in [0.717, 1.165) is 11.4 Å². The van der Waals surface area contributed by atoms with E-state index in [2.05, 4.69) is 59.2 Å². The highest BCUT2D eigenvalue weighted by Crippen LogP contribution is 2.40. The Morgan fingerprint density at radius 3 is 2.88 bits per heavy atom. The van der Waals surface area contributed by atoms with Crippen LogP contribution < -0.4 is 4.74 Å². The van der Waals surface area contributed by atoms with Gasteiger partial charge in [0.15, 0.2) is 0 Å². The number of hydrogen-bond acceptors (Lipinski definition) is 2. The second-order valence-electron chi connectivity index (χ2n) is 4.81. The molecule has 2 aromatic rings. The molecule has 0 amide bonds. The molecule has 1 atom stereocenters. The van der Waals surface area contributed by atoms with Gasteiger partial charge in [-0.1, -0.05) is 0 Å². The Balaban J connectivity index is 2.03. The Kier molecular flexibility index (Phi) is 2.82. The van der Waals surface area contributed by atoms with Gasteiger partial charge in [-0.05, 0) is 66.9 Å². The number of rotatable bonds is 3. The quantitative estimate of drug-likeness (QED) is 0.610. The van der Waals surface area contributed by atoms with E-state index in [1.807, 2.05) is 4.45 Å². The van der Waals surface area contributed by atoms with Gasteiger partial charge in [-0.15, -0.1) is 0 Å². The third kappa shape index (κ3) is 2.17. The summed E-state index contributed by atoms with van der Waals surface area (Å²) >= 11 is 2.35. The van der Waals surface area contributed by atoms with Gasteiger partial charge in [0.05, 0.1) is 17.6 Å². The van der Waals surface area contributed by atoms with Crippen LogP contribution in [0.2, 0.25) is 0 Å². The van der Waals surface area contributed by atoms with Crippen molar-refractivity contribution in [2.45, 2.75) is 32.3 Å². The van der Waals surface area contributed by atoms with Gasteiger partial charge in [0, 0.05) is 5.39 Å². The lowest BCUT2D eigenvalue weighted by atomic mass is 10.2. The Labute approximate surface area is 115 Å². The minimum absolute atomic E-state index is 0.0859. The maximum Gasteiger partial charge on any atom is 0.120 e. The van der Waals surface area contributed by atoms with Crippen molar-refractivity contribution in [3.05, 3.63) is 23.9 Å². The summed E-state index contributed by atoms with van der Waals surface area (Å²) in [7, 11) is 0. The fraction of sp³-hybridized carbons (Fsp3) is 0.417. The van der Waals surface area contributed by atoms with Crippen LogP contribution in [0, 0.1) is 6.92 Å². The van der Waals surface area contributed by atoms with Gasteiger partial charge in [0.1, 0.15) is 11.4 Å². The first kappa shape index (κ1) is 11.7. The van der Waals surface area contributed by atoms with Crippen LogP contribution in [-0.2, 0) is 0 Å². The molecule has 0 aliphatic heterocycles. The van der Waals surface area contributed by atoms with Crippen molar-refractivity contribution < 1.29 is 4.74 Å². The molecule has 3 nitrogen and oxygen atoms in total. The smallest absolute Gasteiger partial charge is 0.120 e. The van der Waals surface area contributed by atoms with Gasteiger partial charge in [-0.25, -0.2) is 4.45 Å². The van der Waals surface area contributed by atoms with Crippen molar-refractivity contribution in [2.24, 2.45) is 0 Å². The zero-order valence-electron chi connectivity index (χ0n) is 9.83. The summed E-state index contributed by atoms with van der Waals surface area (Å²) in [4.78, 5) is 0. The van der Waals surface area contributed by atoms with Crippen LogP contribution in [0.1, 0.15) is 25.5 Å². The van der Waals surface area contributed by atoms with Crippen molar-refractivity contribution in [3.63, 3.8) is 0 Å². The van der Waals surface area contributed by atoms with Crippen LogP contribution in [0.25, 0.3) is 10.9 Å². The van der Waals surface area contributed by atoms with Crippen LogP contribution in [-0.4, -0.2) is 15.2 Å². The fourth-order valence-corrected chi connectivity index (χ4v) is 3.51. The minimum Gasteiger partial charge on any atom is -0.488 e. The third-order valence-corrected chi connectivity index (χ3v) is 5.11. The number of hydrogen-bond donors (Lipinski definition) is 0. The molecule has 1 aliphatic carbocycles. The van der Waals surface area contributed by atoms with Crippen molar-refractivity contribution >= 4 is 39.3 Å². The normalized spacial score (nSPS) is 18.1. The summed E-state index contributed by atoms with van der Waals surface area (Å²) in [5.41, 5.74) is 2.36. The van der Waals surface area contributed by atoms with Gasteiger partial charge in [0.25, 0.3) is 0 Å². The Morgan fingerprint density at radius 2 is 2.24 bits per heavy atom. The lowest BCUT2D eigenvalue weighted by Gasteiger charge is -2.12. The Bertz CT molecular complexity index is 577. The molecule has 0 N–H and O–H groups in total. The van der Waals surface area contributed by atoms with Crippen molar-refractivity contribution in [1.82, 2.24) is 9.55 Å². The van der Waals surface area contributed by atoms with E-state index in [1.165, 1.54) is 23.7 Å². The molecular weight excluding hydrogens is 346 g/mol. The van der Waals surface area contributed by atoms with E-state index >= 15 is 0 Å². The second kappa shape index (κ2) is 4.09. The molecule has 0 radical (unpaired) electrons.